The van der Waals surface area contributed by atoms with Gasteiger partial charge in [0, 0.05) is 44.8 Å². The van der Waals surface area contributed by atoms with E-state index in [-0.39, 0.29) is 10.7 Å². The summed E-state index contributed by atoms with van der Waals surface area (Å²) < 4.78 is 51.9. The lowest BCUT2D eigenvalue weighted by molar-refractivity contribution is 0.0730. The van der Waals surface area contributed by atoms with Crippen LogP contribution in [0.25, 0.3) is 0 Å². The first-order valence-corrected chi connectivity index (χ1v) is 13.0. The molecule has 0 aliphatic carbocycles. The van der Waals surface area contributed by atoms with Gasteiger partial charge in [0.1, 0.15) is 18.2 Å². The molecule has 7 nitrogen and oxygen atoms in total. The monoisotopic (exact) mass is 477 g/mol. The number of nitrogens with zero attached hydrogens (tertiary/aromatic N) is 3. The van der Waals surface area contributed by atoms with E-state index in [4.69, 9.17) is 9.47 Å². The number of morpholine rings is 1. The first-order valence-electron chi connectivity index (χ1n) is 11.5. The van der Waals surface area contributed by atoms with Crippen molar-refractivity contribution in [2.24, 2.45) is 0 Å². The molecule has 2 aromatic carbocycles. The van der Waals surface area contributed by atoms with E-state index in [0.717, 1.165) is 44.7 Å². The van der Waals surface area contributed by atoms with Crippen LogP contribution in [0.4, 0.5) is 4.39 Å². The molecule has 0 aromatic heterocycles. The highest BCUT2D eigenvalue weighted by molar-refractivity contribution is 7.89. The average Bonchev–Trinajstić information content (AvgIpc) is 3.07. The van der Waals surface area contributed by atoms with Gasteiger partial charge in [-0.25, -0.2) is 12.8 Å². The van der Waals surface area contributed by atoms with Crippen LogP contribution in [0.5, 0.6) is 5.75 Å². The van der Waals surface area contributed by atoms with Crippen molar-refractivity contribution >= 4 is 10.0 Å². The number of hydrogen-bond donors (Lipinski definition) is 0. The van der Waals surface area contributed by atoms with Crippen LogP contribution < -0.4 is 4.74 Å². The predicted octanol–water partition coefficient (Wildman–Crippen LogP) is 2.43. The number of sulfonamides is 1. The Morgan fingerprint density at radius 2 is 1.58 bits per heavy atom. The summed E-state index contributed by atoms with van der Waals surface area (Å²) in [5, 5.41) is 0. The molecule has 9 heteroatoms. The standard InChI is InChI=1S/C24H32FN3O4S/c25-24-5-2-1-4-21(24)20-27-11-3-10-26(12-13-27)14-19-32-22-6-8-23(9-7-22)33(29,30)28-15-17-31-18-16-28/h1-2,4-9H,3,10-20H2. The molecule has 0 radical (unpaired) electrons. The van der Waals surface area contributed by atoms with E-state index in [0.29, 0.717) is 45.2 Å². The molecule has 2 aromatic rings. The summed E-state index contributed by atoms with van der Waals surface area (Å²) in [6.07, 6.45) is 1.03. The van der Waals surface area contributed by atoms with Gasteiger partial charge in [-0.05, 0) is 49.8 Å². The summed E-state index contributed by atoms with van der Waals surface area (Å²) in [4.78, 5) is 4.94. The summed E-state index contributed by atoms with van der Waals surface area (Å²) in [7, 11) is -3.49. The van der Waals surface area contributed by atoms with Crippen LogP contribution in [0.2, 0.25) is 0 Å². The summed E-state index contributed by atoms with van der Waals surface area (Å²) in [5.41, 5.74) is 0.744. The van der Waals surface area contributed by atoms with Gasteiger partial charge in [-0.15, -0.1) is 0 Å². The molecule has 0 spiro atoms. The van der Waals surface area contributed by atoms with Gasteiger partial charge in [0.15, 0.2) is 0 Å². The van der Waals surface area contributed by atoms with E-state index < -0.39 is 10.0 Å². The first kappa shape index (κ1) is 24.1. The van der Waals surface area contributed by atoms with Crippen molar-refractivity contribution in [2.45, 2.75) is 17.9 Å². The lowest BCUT2D eigenvalue weighted by atomic mass is 10.2. The van der Waals surface area contributed by atoms with Crippen LogP contribution >= 0.6 is 0 Å². The van der Waals surface area contributed by atoms with E-state index in [1.54, 1.807) is 30.3 Å². The molecule has 0 saturated carbocycles. The van der Waals surface area contributed by atoms with E-state index in [1.807, 2.05) is 12.1 Å². The molecule has 2 aliphatic rings. The van der Waals surface area contributed by atoms with Crippen LogP contribution in [0.15, 0.2) is 53.4 Å². The fourth-order valence-corrected chi connectivity index (χ4v) is 5.62. The minimum Gasteiger partial charge on any atom is -0.492 e. The molecule has 0 N–H and O–H groups in total. The first-order chi connectivity index (χ1) is 16.0. The zero-order valence-electron chi connectivity index (χ0n) is 18.9. The smallest absolute Gasteiger partial charge is 0.243 e. The summed E-state index contributed by atoms with van der Waals surface area (Å²) >= 11 is 0. The van der Waals surface area contributed by atoms with Crippen LogP contribution in [0, 0.1) is 5.82 Å². The number of rotatable bonds is 8. The topological polar surface area (TPSA) is 62.3 Å². The Labute approximate surface area is 195 Å². The largest absolute Gasteiger partial charge is 0.492 e. The lowest BCUT2D eigenvalue weighted by Gasteiger charge is -2.26. The van der Waals surface area contributed by atoms with E-state index >= 15 is 0 Å². The third-order valence-corrected chi connectivity index (χ3v) is 8.05. The second kappa shape index (κ2) is 11.4. The molecule has 2 fully saturated rings. The molecule has 180 valence electrons. The molecule has 2 saturated heterocycles. The normalized spacial score (nSPS) is 19.3. The van der Waals surface area contributed by atoms with Gasteiger partial charge in [-0.2, -0.15) is 4.31 Å². The summed E-state index contributed by atoms with van der Waals surface area (Å²) in [5.74, 6) is 0.516. The van der Waals surface area contributed by atoms with Crippen molar-refractivity contribution in [2.75, 3.05) is 65.6 Å². The maximum absolute atomic E-state index is 13.9. The third kappa shape index (κ3) is 6.51. The average molecular weight is 478 g/mol. The van der Waals surface area contributed by atoms with Crippen molar-refractivity contribution in [1.29, 1.82) is 0 Å². The molecular weight excluding hydrogens is 445 g/mol. The summed E-state index contributed by atoms with van der Waals surface area (Å²) in [6.45, 7) is 7.31. The summed E-state index contributed by atoms with van der Waals surface area (Å²) in [6, 6.07) is 13.6. The van der Waals surface area contributed by atoms with Gasteiger partial charge < -0.3 is 9.47 Å². The van der Waals surface area contributed by atoms with E-state index in [1.165, 1.54) is 10.4 Å². The predicted molar refractivity (Wildman–Crippen MR) is 124 cm³/mol. The van der Waals surface area contributed by atoms with Crippen LogP contribution in [0.3, 0.4) is 0 Å². The fourth-order valence-electron chi connectivity index (χ4n) is 4.21. The number of halogens is 1. The maximum atomic E-state index is 13.9. The molecule has 2 heterocycles. The lowest BCUT2D eigenvalue weighted by Crippen LogP contribution is -2.40. The Balaban J connectivity index is 1.22. The van der Waals surface area contributed by atoms with E-state index in [9.17, 15) is 12.8 Å². The Morgan fingerprint density at radius 3 is 2.33 bits per heavy atom. The Morgan fingerprint density at radius 1 is 0.879 bits per heavy atom. The Bertz CT molecular complexity index is 997. The van der Waals surface area contributed by atoms with Gasteiger partial charge >= 0.3 is 0 Å². The van der Waals surface area contributed by atoms with Crippen molar-refractivity contribution in [3.63, 3.8) is 0 Å². The SMILES string of the molecule is O=S(=O)(c1ccc(OCCN2CCCN(Cc3ccccc3F)CC2)cc1)N1CCOCC1. The van der Waals surface area contributed by atoms with E-state index in [2.05, 4.69) is 9.80 Å². The second-order valence-corrected chi connectivity index (χ2v) is 10.3. The molecule has 0 bridgehead atoms. The Hall–Kier alpha value is -2.04. The van der Waals surface area contributed by atoms with Crippen LogP contribution in [0.1, 0.15) is 12.0 Å². The van der Waals surface area contributed by atoms with Crippen molar-refractivity contribution < 1.29 is 22.3 Å². The molecule has 0 amide bonds. The zero-order valence-corrected chi connectivity index (χ0v) is 19.7. The number of hydrogen-bond acceptors (Lipinski definition) is 6. The maximum Gasteiger partial charge on any atom is 0.243 e. The minimum absolute atomic E-state index is 0.143. The van der Waals surface area contributed by atoms with Gasteiger partial charge in [0.05, 0.1) is 18.1 Å². The zero-order chi connectivity index (χ0) is 23.1. The quantitative estimate of drug-likeness (QED) is 0.582. The van der Waals surface area contributed by atoms with Crippen molar-refractivity contribution in [3.05, 3.63) is 59.9 Å². The van der Waals surface area contributed by atoms with Gasteiger partial charge in [-0.3, -0.25) is 9.80 Å². The molecule has 4 rings (SSSR count). The fraction of sp³-hybridized carbons (Fsp3) is 0.500. The van der Waals surface area contributed by atoms with Crippen molar-refractivity contribution in [3.8, 4) is 5.75 Å². The molecule has 2 aliphatic heterocycles. The Kier molecular flexibility index (Phi) is 8.32. The van der Waals surface area contributed by atoms with Gasteiger partial charge in [0.25, 0.3) is 0 Å². The minimum atomic E-state index is -3.49. The number of benzene rings is 2. The molecular formula is C24H32FN3O4S. The third-order valence-electron chi connectivity index (χ3n) is 6.14. The van der Waals surface area contributed by atoms with Crippen LogP contribution in [-0.4, -0.2) is 88.2 Å². The molecule has 0 unspecified atom stereocenters. The molecule has 0 atom stereocenters. The van der Waals surface area contributed by atoms with Gasteiger partial charge in [0.2, 0.25) is 10.0 Å². The highest BCUT2D eigenvalue weighted by Gasteiger charge is 2.26. The highest BCUT2D eigenvalue weighted by Crippen LogP contribution is 2.20. The van der Waals surface area contributed by atoms with Crippen molar-refractivity contribution in [1.82, 2.24) is 14.1 Å². The van der Waals surface area contributed by atoms with Crippen LogP contribution in [-0.2, 0) is 21.3 Å². The number of ether oxygens (including phenoxy) is 2. The molecule has 33 heavy (non-hydrogen) atoms. The van der Waals surface area contributed by atoms with Gasteiger partial charge in [-0.1, -0.05) is 18.2 Å². The second-order valence-electron chi connectivity index (χ2n) is 8.40. The highest BCUT2D eigenvalue weighted by atomic mass is 32.2.